The predicted octanol–water partition coefficient (Wildman–Crippen LogP) is 2.54. The molecule has 0 aliphatic rings. The van der Waals surface area contributed by atoms with Crippen LogP contribution in [-0.4, -0.2) is 31.4 Å². The summed E-state index contributed by atoms with van der Waals surface area (Å²) >= 11 is 1.45. The number of carbonyl (C=O) groups excluding carboxylic acids is 1. The summed E-state index contributed by atoms with van der Waals surface area (Å²) in [5, 5.41) is 17.8. The smallest absolute Gasteiger partial charge is 0.315 e. The summed E-state index contributed by atoms with van der Waals surface area (Å²) in [4.78, 5) is 12.9. The van der Waals surface area contributed by atoms with Crippen molar-refractivity contribution < 1.29 is 19.1 Å². The van der Waals surface area contributed by atoms with Crippen molar-refractivity contribution in [3.63, 3.8) is 0 Å². The van der Waals surface area contributed by atoms with E-state index in [4.69, 9.17) is 9.15 Å². The Morgan fingerprint density at radius 3 is 2.83 bits per heavy atom. The first-order chi connectivity index (χ1) is 10.9. The van der Waals surface area contributed by atoms with Gasteiger partial charge in [0, 0.05) is 12.0 Å². The Kier molecular flexibility index (Phi) is 5.81. The first-order valence-electron chi connectivity index (χ1n) is 7.28. The van der Waals surface area contributed by atoms with Gasteiger partial charge >= 0.3 is 6.03 Å². The number of ether oxygens (including phenoxy) is 1. The van der Waals surface area contributed by atoms with E-state index in [0.717, 1.165) is 10.6 Å². The standard InChI is InChI=1S/C16H22N2O4S/c1-11-6-7-13(22-11)12(9-21-3)18-15(19)17-10-16(2,20)14-5-4-8-23-14/h4-8,12,20H,9-10H2,1-3H3,(H2,17,18,19). The average Bonchev–Trinajstić information content (AvgIpc) is 3.16. The second-order valence-corrected chi connectivity index (χ2v) is 6.48. The lowest BCUT2D eigenvalue weighted by Crippen LogP contribution is -2.45. The molecule has 0 aliphatic heterocycles. The van der Waals surface area contributed by atoms with Crippen molar-refractivity contribution in [2.45, 2.75) is 25.5 Å². The molecule has 0 radical (unpaired) electrons. The van der Waals surface area contributed by atoms with Crippen LogP contribution in [0.4, 0.5) is 4.79 Å². The molecule has 7 heteroatoms. The van der Waals surface area contributed by atoms with Gasteiger partial charge in [0.2, 0.25) is 0 Å². The third-order valence-electron chi connectivity index (χ3n) is 3.39. The number of hydrogen-bond acceptors (Lipinski definition) is 5. The number of furan rings is 1. The zero-order chi connectivity index (χ0) is 16.9. The van der Waals surface area contributed by atoms with Gasteiger partial charge < -0.3 is 24.9 Å². The average molecular weight is 338 g/mol. The summed E-state index contributed by atoms with van der Waals surface area (Å²) in [6.45, 7) is 3.91. The molecule has 2 atom stereocenters. The Hall–Kier alpha value is -1.83. The molecule has 2 amide bonds. The van der Waals surface area contributed by atoms with Gasteiger partial charge in [-0.05, 0) is 37.4 Å². The van der Waals surface area contributed by atoms with Crippen molar-refractivity contribution in [3.8, 4) is 0 Å². The number of methoxy groups -OCH3 is 1. The van der Waals surface area contributed by atoms with E-state index in [-0.39, 0.29) is 12.6 Å². The maximum atomic E-state index is 12.1. The number of hydrogen-bond donors (Lipinski definition) is 3. The van der Waals surface area contributed by atoms with Gasteiger partial charge in [0.05, 0.1) is 13.2 Å². The Bertz CT molecular complexity index is 622. The minimum atomic E-state index is -1.11. The molecule has 0 aromatic carbocycles. The van der Waals surface area contributed by atoms with Crippen LogP contribution in [0.3, 0.4) is 0 Å². The quantitative estimate of drug-likeness (QED) is 0.724. The normalized spacial score (nSPS) is 15.0. The highest BCUT2D eigenvalue weighted by molar-refractivity contribution is 7.10. The molecule has 0 fully saturated rings. The van der Waals surface area contributed by atoms with E-state index < -0.39 is 11.6 Å². The van der Waals surface area contributed by atoms with Crippen molar-refractivity contribution in [2.24, 2.45) is 0 Å². The largest absolute Gasteiger partial charge is 0.464 e. The Morgan fingerprint density at radius 1 is 1.48 bits per heavy atom. The van der Waals surface area contributed by atoms with Gasteiger partial charge in [-0.3, -0.25) is 0 Å². The van der Waals surface area contributed by atoms with Crippen molar-refractivity contribution in [2.75, 3.05) is 20.3 Å². The van der Waals surface area contributed by atoms with Crippen LogP contribution in [0.5, 0.6) is 0 Å². The topological polar surface area (TPSA) is 83.7 Å². The van der Waals surface area contributed by atoms with Gasteiger partial charge in [-0.15, -0.1) is 11.3 Å². The summed E-state index contributed by atoms with van der Waals surface area (Å²) in [7, 11) is 1.56. The number of rotatable bonds is 7. The molecular formula is C16H22N2O4S. The highest BCUT2D eigenvalue weighted by Crippen LogP contribution is 2.24. The summed E-state index contributed by atoms with van der Waals surface area (Å²) in [5.74, 6) is 1.40. The van der Waals surface area contributed by atoms with Gasteiger partial charge in [0.1, 0.15) is 23.2 Å². The molecule has 2 aromatic rings. The van der Waals surface area contributed by atoms with E-state index in [1.165, 1.54) is 11.3 Å². The van der Waals surface area contributed by atoms with E-state index in [1.54, 1.807) is 20.1 Å². The summed E-state index contributed by atoms with van der Waals surface area (Å²) in [6, 6.07) is 6.56. The zero-order valence-corrected chi connectivity index (χ0v) is 14.3. The second kappa shape index (κ2) is 7.63. The van der Waals surface area contributed by atoms with Crippen LogP contribution in [0.1, 0.15) is 29.4 Å². The molecule has 0 saturated heterocycles. The van der Waals surface area contributed by atoms with Crippen molar-refractivity contribution >= 4 is 17.4 Å². The molecular weight excluding hydrogens is 316 g/mol. The van der Waals surface area contributed by atoms with Gasteiger partial charge in [0.15, 0.2) is 0 Å². The Morgan fingerprint density at radius 2 is 2.26 bits per heavy atom. The molecule has 3 N–H and O–H groups in total. The molecule has 0 saturated carbocycles. The monoisotopic (exact) mass is 338 g/mol. The number of nitrogens with one attached hydrogen (secondary N) is 2. The van der Waals surface area contributed by atoms with Crippen LogP contribution < -0.4 is 10.6 Å². The lowest BCUT2D eigenvalue weighted by atomic mass is 10.1. The number of aliphatic hydroxyl groups is 1. The van der Waals surface area contributed by atoms with E-state index >= 15 is 0 Å². The van der Waals surface area contributed by atoms with Crippen LogP contribution in [0, 0.1) is 6.92 Å². The molecule has 126 valence electrons. The van der Waals surface area contributed by atoms with E-state index in [0.29, 0.717) is 12.4 Å². The number of amides is 2. The number of urea groups is 1. The minimum absolute atomic E-state index is 0.107. The Balaban J connectivity index is 1.92. The maximum absolute atomic E-state index is 12.1. The minimum Gasteiger partial charge on any atom is -0.464 e. The van der Waals surface area contributed by atoms with Crippen LogP contribution in [-0.2, 0) is 10.3 Å². The molecule has 2 aromatic heterocycles. The zero-order valence-electron chi connectivity index (χ0n) is 13.5. The lowest BCUT2D eigenvalue weighted by Gasteiger charge is -2.23. The molecule has 23 heavy (non-hydrogen) atoms. The van der Waals surface area contributed by atoms with Gasteiger partial charge in [-0.2, -0.15) is 0 Å². The fraction of sp³-hybridized carbons (Fsp3) is 0.438. The van der Waals surface area contributed by atoms with Gasteiger partial charge in [0.25, 0.3) is 0 Å². The fourth-order valence-corrected chi connectivity index (χ4v) is 2.92. The fourth-order valence-electron chi connectivity index (χ4n) is 2.14. The van der Waals surface area contributed by atoms with E-state index in [1.807, 2.05) is 30.5 Å². The Labute approximate surface area is 139 Å². The molecule has 0 spiro atoms. The second-order valence-electron chi connectivity index (χ2n) is 5.53. The van der Waals surface area contributed by atoms with Crippen molar-refractivity contribution in [3.05, 3.63) is 46.0 Å². The van der Waals surface area contributed by atoms with Crippen molar-refractivity contribution in [1.29, 1.82) is 0 Å². The van der Waals surface area contributed by atoms with Gasteiger partial charge in [-0.25, -0.2) is 4.79 Å². The summed E-state index contributed by atoms with van der Waals surface area (Å²) in [6.07, 6.45) is 0. The van der Waals surface area contributed by atoms with Crippen molar-refractivity contribution in [1.82, 2.24) is 10.6 Å². The maximum Gasteiger partial charge on any atom is 0.315 e. The number of thiophene rings is 1. The molecule has 0 bridgehead atoms. The number of carbonyl (C=O) groups is 1. The van der Waals surface area contributed by atoms with Crippen LogP contribution in [0.25, 0.3) is 0 Å². The SMILES string of the molecule is COCC(NC(=O)NCC(C)(O)c1cccs1)c1ccc(C)o1. The first-order valence-corrected chi connectivity index (χ1v) is 8.16. The lowest BCUT2D eigenvalue weighted by molar-refractivity contribution is 0.0627. The number of aryl methyl sites for hydroxylation is 1. The molecule has 2 unspecified atom stereocenters. The van der Waals surface area contributed by atoms with Crippen LogP contribution in [0.2, 0.25) is 0 Å². The first kappa shape index (κ1) is 17.5. The highest BCUT2D eigenvalue weighted by Gasteiger charge is 2.25. The molecule has 6 nitrogen and oxygen atoms in total. The highest BCUT2D eigenvalue weighted by atomic mass is 32.1. The van der Waals surface area contributed by atoms with E-state index in [9.17, 15) is 9.90 Å². The summed E-state index contributed by atoms with van der Waals surface area (Å²) in [5.41, 5.74) is -1.11. The van der Waals surface area contributed by atoms with E-state index in [2.05, 4.69) is 10.6 Å². The predicted molar refractivity (Wildman–Crippen MR) is 88.5 cm³/mol. The molecule has 2 rings (SSSR count). The van der Waals surface area contributed by atoms with Crippen LogP contribution in [0.15, 0.2) is 34.1 Å². The van der Waals surface area contributed by atoms with Crippen LogP contribution >= 0.6 is 11.3 Å². The third-order valence-corrected chi connectivity index (χ3v) is 4.51. The third kappa shape index (κ3) is 4.82. The van der Waals surface area contributed by atoms with Gasteiger partial charge in [-0.1, -0.05) is 6.07 Å². The molecule has 2 heterocycles. The summed E-state index contributed by atoms with van der Waals surface area (Å²) < 4.78 is 10.7. The molecule has 0 aliphatic carbocycles.